The van der Waals surface area contributed by atoms with Gasteiger partial charge in [0, 0.05) is 27.8 Å². The number of para-hydroxylation sites is 2. The number of hydrogen-bond donors (Lipinski definition) is 0. The van der Waals surface area contributed by atoms with E-state index in [0.29, 0.717) is 0 Å². The zero-order chi connectivity index (χ0) is 33.0. The average Bonchev–Trinajstić information content (AvgIpc) is 3.58. The lowest BCUT2D eigenvalue weighted by Gasteiger charge is -2.26. The molecule has 2 heteroatoms. The van der Waals surface area contributed by atoms with Gasteiger partial charge in [0.05, 0.1) is 0 Å². The SMILES string of the molecule is c1ccc(N(c2ccc(-c3ccc4ccc5ccc6ccccc6c5c4c3)cc2)c2ccc(-c3cccc4oc5ccccc5c34)cc2)cc1. The van der Waals surface area contributed by atoms with Gasteiger partial charge in [0.1, 0.15) is 11.2 Å². The molecule has 0 saturated carbocycles. The first-order valence-corrected chi connectivity index (χ1v) is 17.1. The van der Waals surface area contributed by atoms with E-state index in [1.54, 1.807) is 0 Å². The fraction of sp³-hybridized carbons (Fsp3) is 0. The van der Waals surface area contributed by atoms with E-state index >= 15 is 0 Å². The van der Waals surface area contributed by atoms with Crippen LogP contribution < -0.4 is 4.90 Å². The molecule has 10 rings (SSSR count). The summed E-state index contributed by atoms with van der Waals surface area (Å²) in [5.41, 5.74) is 9.87. The van der Waals surface area contributed by atoms with Crippen molar-refractivity contribution in [1.29, 1.82) is 0 Å². The van der Waals surface area contributed by atoms with Crippen LogP contribution in [0.1, 0.15) is 0 Å². The quantitative estimate of drug-likeness (QED) is 0.175. The van der Waals surface area contributed by atoms with Crippen molar-refractivity contribution >= 4 is 71.3 Å². The van der Waals surface area contributed by atoms with Gasteiger partial charge in [-0.15, -0.1) is 0 Å². The van der Waals surface area contributed by atoms with Gasteiger partial charge in [-0.1, -0.05) is 133 Å². The molecule has 0 N–H and O–H groups in total. The molecule has 0 aliphatic rings. The van der Waals surface area contributed by atoms with Crippen LogP contribution in [0.25, 0.3) is 76.5 Å². The van der Waals surface area contributed by atoms with Crippen molar-refractivity contribution in [1.82, 2.24) is 0 Å². The molecular weight excluding hydrogens is 607 g/mol. The van der Waals surface area contributed by atoms with Crippen LogP contribution in [0.4, 0.5) is 17.1 Å². The van der Waals surface area contributed by atoms with Crippen molar-refractivity contribution in [2.75, 3.05) is 4.90 Å². The van der Waals surface area contributed by atoms with Crippen LogP contribution in [0.3, 0.4) is 0 Å². The standard InChI is InChI=1S/C48H31NO/c1-2-10-38(11-3-1)49(40-29-25-34(26-30-40)42-14-8-16-46-48(42)43-13-6-7-15-45(43)50-46)39-27-23-32(24-28-39)37-22-19-35-18-21-36-20-17-33-9-4-5-12-41(33)47(36)44(35)31-37/h1-31H. The molecule has 1 heterocycles. The van der Waals surface area contributed by atoms with E-state index in [1.165, 1.54) is 49.0 Å². The second-order valence-electron chi connectivity index (χ2n) is 12.9. The third kappa shape index (κ3) is 4.65. The Morgan fingerprint density at radius 3 is 1.66 bits per heavy atom. The summed E-state index contributed by atoms with van der Waals surface area (Å²) < 4.78 is 6.18. The minimum atomic E-state index is 0.909. The summed E-state index contributed by atoms with van der Waals surface area (Å²) in [7, 11) is 0. The van der Waals surface area contributed by atoms with Gasteiger partial charge in [-0.25, -0.2) is 0 Å². The summed E-state index contributed by atoms with van der Waals surface area (Å²) >= 11 is 0. The summed E-state index contributed by atoms with van der Waals surface area (Å²) in [6.07, 6.45) is 0. The molecule has 10 aromatic rings. The third-order valence-corrected chi connectivity index (χ3v) is 10.0. The molecule has 2 nitrogen and oxygen atoms in total. The number of hydrogen-bond acceptors (Lipinski definition) is 2. The molecule has 0 bridgehead atoms. The molecule has 0 saturated heterocycles. The predicted molar refractivity (Wildman–Crippen MR) is 212 cm³/mol. The molecular formula is C48H31NO. The fourth-order valence-corrected chi connectivity index (χ4v) is 7.64. The highest BCUT2D eigenvalue weighted by molar-refractivity contribution is 6.20. The Morgan fingerprint density at radius 1 is 0.320 bits per heavy atom. The molecule has 0 amide bonds. The second-order valence-corrected chi connectivity index (χ2v) is 12.9. The molecule has 234 valence electrons. The van der Waals surface area contributed by atoms with Gasteiger partial charge in [0.15, 0.2) is 0 Å². The molecule has 9 aromatic carbocycles. The summed E-state index contributed by atoms with van der Waals surface area (Å²) in [5.74, 6) is 0. The lowest BCUT2D eigenvalue weighted by atomic mass is 9.94. The molecule has 0 aliphatic heterocycles. The van der Waals surface area contributed by atoms with E-state index in [4.69, 9.17) is 4.42 Å². The van der Waals surface area contributed by atoms with Gasteiger partial charge < -0.3 is 9.32 Å². The summed E-state index contributed by atoms with van der Waals surface area (Å²) in [6.45, 7) is 0. The van der Waals surface area contributed by atoms with Crippen molar-refractivity contribution in [2.24, 2.45) is 0 Å². The topological polar surface area (TPSA) is 16.4 Å². The van der Waals surface area contributed by atoms with Crippen LogP contribution in [0.2, 0.25) is 0 Å². The predicted octanol–water partition coefficient (Wildman–Crippen LogP) is 13.8. The highest BCUT2D eigenvalue weighted by Crippen LogP contribution is 2.40. The molecule has 0 fully saturated rings. The highest BCUT2D eigenvalue weighted by atomic mass is 16.3. The minimum Gasteiger partial charge on any atom is -0.456 e. The summed E-state index contributed by atoms with van der Waals surface area (Å²) in [5, 5.41) is 9.97. The molecule has 0 radical (unpaired) electrons. The maximum absolute atomic E-state index is 6.18. The van der Waals surface area contributed by atoms with Crippen molar-refractivity contribution in [3.63, 3.8) is 0 Å². The molecule has 0 unspecified atom stereocenters. The molecule has 0 atom stereocenters. The van der Waals surface area contributed by atoms with Crippen LogP contribution in [0, 0.1) is 0 Å². The number of anilines is 3. The summed E-state index contributed by atoms with van der Waals surface area (Å²) in [4.78, 5) is 2.32. The Bertz CT molecular complexity index is 2840. The molecule has 50 heavy (non-hydrogen) atoms. The van der Waals surface area contributed by atoms with Crippen molar-refractivity contribution in [3.05, 3.63) is 188 Å². The maximum Gasteiger partial charge on any atom is 0.136 e. The zero-order valence-electron chi connectivity index (χ0n) is 27.3. The first kappa shape index (κ1) is 28.4. The number of furan rings is 1. The van der Waals surface area contributed by atoms with Crippen LogP contribution in [-0.2, 0) is 0 Å². The smallest absolute Gasteiger partial charge is 0.136 e. The van der Waals surface area contributed by atoms with Gasteiger partial charge in [-0.05, 0) is 109 Å². The van der Waals surface area contributed by atoms with E-state index in [0.717, 1.165) is 44.6 Å². The van der Waals surface area contributed by atoms with Crippen LogP contribution in [0.15, 0.2) is 192 Å². The van der Waals surface area contributed by atoms with Gasteiger partial charge in [0.2, 0.25) is 0 Å². The van der Waals surface area contributed by atoms with Gasteiger partial charge in [-0.3, -0.25) is 0 Å². The fourth-order valence-electron chi connectivity index (χ4n) is 7.64. The van der Waals surface area contributed by atoms with Crippen LogP contribution in [-0.4, -0.2) is 0 Å². The van der Waals surface area contributed by atoms with E-state index < -0.39 is 0 Å². The third-order valence-electron chi connectivity index (χ3n) is 10.0. The molecule has 0 spiro atoms. The highest BCUT2D eigenvalue weighted by Gasteiger charge is 2.16. The van der Waals surface area contributed by atoms with Crippen LogP contribution in [0.5, 0.6) is 0 Å². The van der Waals surface area contributed by atoms with E-state index in [9.17, 15) is 0 Å². The van der Waals surface area contributed by atoms with Crippen molar-refractivity contribution in [3.8, 4) is 22.3 Å². The van der Waals surface area contributed by atoms with Gasteiger partial charge in [-0.2, -0.15) is 0 Å². The normalized spacial score (nSPS) is 11.6. The second kappa shape index (κ2) is 11.5. The van der Waals surface area contributed by atoms with E-state index in [2.05, 4.69) is 181 Å². The maximum atomic E-state index is 6.18. The summed E-state index contributed by atoms with van der Waals surface area (Å²) in [6, 6.07) is 67.5. The Hall–Kier alpha value is -6.64. The minimum absolute atomic E-state index is 0.909. The van der Waals surface area contributed by atoms with Crippen molar-refractivity contribution < 1.29 is 4.42 Å². The lowest BCUT2D eigenvalue weighted by molar-refractivity contribution is 0.669. The van der Waals surface area contributed by atoms with Crippen LogP contribution >= 0.6 is 0 Å². The Kier molecular flexibility index (Phi) is 6.53. The number of fused-ring (bicyclic) bond motifs is 8. The number of benzene rings is 9. The Morgan fingerprint density at radius 2 is 0.880 bits per heavy atom. The average molecular weight is 638 g/mol. The molecule has 1 aromatic heterocycles. The Balaban J connectivity index is 1.04. The van der Waals surface area contributed by atoms with Crippen molar-refractivity contribution in [2.45, 2.75) is 0 Å². The number of rotatable bonds is 5. The Labute approximate surface area is 290 Å². The van der Waals surface area contributed by atoms with E-state index in [-0.39, 0.29) is 0 Å². The largest absolute Gasteiger partial charge is 0.456 e. The van der Waals surface area contributed by atoms with E-state index in [1.807, 2.05) is 12.1 Å². The molecule has 0 aliphatic carbocycles. The van der Waals surface area contributed by atoms with Gasteiger partial charge in [0.25, 0.3) is 0 Å². The lowest BCUT2D eigenvalue weighted by Crippen LogP contribution is -2.09. The monoisotopic (exact) mass is 637 g/mol. The first-order valence-electron chi connectivity index (χ1n) is 17.1. The first-order chi connectivity index (χ1) is 24.8. The number of nitrogens with zero attached hydrogens (tertiary/aromatic N) is 1. The zero-order valence-corrected chi connectivity index (χ0v) is 27.3. The van der Waals surface area contributed by atoms with Gasteiger partial charge >= 0.3 is 0 Å².